The minimum atomic E-state index is 0.154. The minimum Gasteiger partial charge on any atom is -0.377 e. The zero-order valence-electron chi connectivity index (χ0n) is 12.6. The zero-order valence-corrected chi connectivity index (χ0v) is 12.6. The summed E-state index contributed by atoms with van der Waals surface area (Å²) in [5, 5.41) is 3.32. The van der Waals surface area contributed by atoms with Gasteiger partial charge < -0.3 is 14.8 Å². The van der Waals surface area contributed by atoms with Gasteiger partial charge in [0.25, 0.3) is 0 Å². The highest BCUT2D eigenvalue weighted by atomic mass is 16.5. The highest BCUT2D eigenvalue weighted by molar-refractivity contribution is 5.35. The van der Waals surface area contributed by atoms with Crippen molar-refractivity contribution in [3.8, 4) is 0 Å². The van der Waals surface area contributed by atoms with Crippen LogP contribution in [0.25, 0.3) is 0 Å². The Hall–Kier alpha value is -1.17. The summed E-state index contributed by atoms with van der Waals surface area (Å²) in [6, 6.07) is 6.14. The van der Waals surface area contributed by atoms with Crippen LogP contribution in [-0.2, 0) is 16.0 Å². The van der Waals surface area contributed by atoms with E-state index >= 15 is 0 Å². The highest BCUT2D eigenvalue weighted by Crippen LogP contribution is 2.18. The van der Waals surface area contributed by atoms with Crippen LogP contribution in [0, 0.1) is 0 Å². The van der Waals surface area contributed by atoms with Gasteiger partial charge in [-0.2, -0.15) is 0 Å². The molecule has 2 atom stereocenters. The molecular formula is C15H25N3O2. The quantitative estimate of drug-likeness (QED) is 0.824. The summed E-state index contributed by atoms with van der Waals surface area (Å²) in [5.74, 6) is 0.954. The summed E-state index contributed by atoms with van der Waals surface area (Å²) < 4.78 is 10.9. The molecule has 1 N–H and O–H groups in total. The molecule has 0 radical (unpaired) electrons. The van der Waals surface area contributed by atoms with E-state index in [0.717, 1.165) is 44.1 Å². The van der Waals surface area contributed by atoms with Crippen LogP contribution in [0.1, 0.15) is 19.0 Å². The molecule has 0 aliphatic carbocycles. The molecule has 5 heteroatoms. The summed E-state index contributed by atoms with van der Waals surface area (Å²) in [6.07, 6.45) is 1.41. The van der Waals surface area contributed by atoms with Crippen molar-refractivity contribution >= 4 is 5.82 Å². The van der Waals surface area contributed by atoms with Gasteiger partial charge in [0.2, 0.25) is 0 Å². The lowest BCUT2D eigenvalue weighted by atomic mass is 10.3. The molecular weight excluding hydrogens is 254 g/mol. The Morgan fingerprint density at radius 3 is 2.55 bits per heavy atom. The number of nitrogens with zero attached hydrogens (tertiary/aromatic N) is 2. The van der Waals surface area contributed by atoms with E-state index in [-0.39, 0.29) is 12.2 Å². The second-order valence-corrected chi connectivity index (χ2v) is 5.18. The number of ether oxygens (including phenoxy) is 2. The van der Waals surface area contributed by atoms with E-state index in [1.165, 1.54) is 0 Å². The molecule has 0 saturated carbocycles. The van der Waals surface area contributed by atoms with E-state index in [9.17, 15) is 0 Å². The van der Waals surface area contributed by atoms with E-state index in [0.29, 0.717) is 0 Å². The van der Waals surface area contributed by atoms with Crippen molar-refractivity contribution in [2.45, 2.75) is 32.1 Å². The third-order valence-electron chi connectivity index (χ3n) is 3.64. The predicted octanol–water partition coefficient (Wildman–Crippen LogP) is 1.75. The minimum absolute atomic E-state index is 0.154. The van der Waals surface area contributed by atoms with E-state index in [1.807, 2.05) is 6.07 Å². The molecule has 1 aromatic heterocycles. The van der Waals surface area contributed by atoms with Crippen LogP contribution in [0.5, 0.6) is 0 Å². The maximum Gasteiger partial charge on any atom is 0.126 e. The second-order valence-electron chi connectivity index (χ2n) is 5.18. The summed E-state index contributed by atoms with van der Waals surface area (Å²) in [6.45, 7) is 5.72. The first-order valence-electron chi connectivity index (χ1n) is 7.24. The SMILES string of the molecule is CCCNc1cccc(CN2CC(OC)C(OC)C2)n1. The Balaban J connectivity index is 1.93. The predicted molar refractivity (Wildman–Crippen MR) is 79.9 cm³/mol. The van der Waals surface area contributed by atoms with Crippen LogP contribution in [0.3, 0.4) is 0 Å². The van der Waals surface area contributed by atoms with E-state index in [1.54, 1.807) is 14.2 Å². The Morgan fingerprint density at radius 1 is 1.25 bits per heavy atom. The second kappa shape index (κ2) is 7.57. The van der Waals surface area contributed by atoms with Crippen LogP contribution in [0.15, 0.2) is 18.2 Å². The van der Waals surface area contributed by atoms with Crippen molar-refractivity contribution < 1.29 is 9.47 Å². The smallest absolute Gasteiger partial charge is 0.126 e. The molecule has 0 bridgehead atoms. The van der Waals surface area contributed by atoms with Crippen LogP contribution >= 0.6 is 0 Å². The third kappa shape index (κ3) is 3.91. The van der Waals surface area contributed by atoms with Crippen molar-refractivity contribution in [1.82, 2.24) is 9.88 Å². The van der Waals surface area contributed by atoms with Gasteiger partial charge in [-0.3, -0.25) is 4.90 Å². The van der Waals surface area contributed by atoms with Gasteiger partial charge in [0.15, 0.2) is 0 Å². The number of rotatable bonds is 7. The lowest BCUT2D eigenvalue weighted by molar-refractivity contribution is -0.00461. The third-order valence-corrected chi connectivity index (χ3v) is 3.64. The van der Waals surface area contributed by atoms with Gasteiger partial charge in [0, 0.05) is 40.4 Å². The van der Waals surface area contributed by atoms with Gasteiger partial charge in [0.1, 0.15) is 5.82 Å². The Kier molecular flexibility index (Phi) is 5.76. The number of hydrogen-bond donors (Lipinski definition) is 1. The summed E-state index contributed by atoms with van der Waals surface area (Å²) in [7, 11) is 3.49. The summed E-state index contributed by atoms with van der Waals surface area (Å²) in [4.78, 5) is 6.97. The van der Waals surface area contributed by atoms with Crippen LogP contribution in [0.4, 0.5) is 5.82 Å². The van der Waals surface area contributed by atoms with E-state index in [2.05, 4.69) is 34.3 Å². The average molecular weight is 279 g/mol. The molecule has 0 spiro atoms. The molecule has 1 aliphatic rings. The standard InChI is InChI=1S/C15H25N3O2/c1-4-8-16-15-7-5-6-12(17-15)9-18-10-13(19-2)14(11-18)20-3/h5-7,13-14H,4,8-11H2,1-3H3,(H,16,17). The van der Waals surface area contributed by atoms with Gasteiger partial charge in [-0.15, -0.1) is 0 Å². The first kappa shape index (κ1) is 15.2. The fourth-order valence-electron chi connectivity index (χ4n) is 2.55. The van der Waals surface area contributed by atoms with Gasteiger partial charge in [-0.1, -0.05) is 13.0 Å². The maximum atomic E-state index is 5.46. The number of methoxy groups -OCH3 is 2. The van der Waals surface area contributed by atoms with Crippen molar-refractivity contribution in [1.29, 1.82) is 0 Å². The molecule has 1 saturated heterocycles. The number of likely N-dealkylation sites (tertiary alicyclic amines) is 1. The molecule has 5 nitrogen and oxygen atoms in total. The molecule has 1 fully saturated rings. The van der Waals surface area contributed by atoms with E-state index in [4.69, 9.17) is 9.47 Å². The summed E-state index contributed by atoms with van der Waals surface area (Å²) in [5.41, 5.74) is 1.08. The first-order valence-corrected chi connectivity index (χ1v) is 7.24. The normalized spacial score (nSPS) is 23.1. The van der Waals surface area contributed by atoms with Crippen LogP contribution in [0.2, 0.25) is 0 Å². The molecule has 1 aliphatic heterocycles. The fraction of sp³-hybridized carbons (Fsp3) is 0.667. The molecule has 2 unspecified atom stereocenters. The fourth-order valence-corrected chi connectivity index (χ4v) is 2.55. The van der Waals surface area contributed by atoms with Crippen molar-refractivity contribution in [3.63, 3.8) is 0 Å². The van der Waals surface area contributed by atoms with Crippen molar-refractivity contribution in [2.75, 3.05) is 39.2 Å². The molecule has 20 heavy (non-hydrogen) atoms. The topological polar surface area (TPSA) is 46.6 Å². The van der Waals surface area contributed by atoms with Gasteiger partial charge >= 0.3 is 0 Å². The van der Waals surface area contributed by atoms with Gasteiger partial charge in [0.05, 0.1) is 17.9 Å². The van der Waals surface area contributed by atoms with Gasteiger partial charge in [-0.25, -0.2) is 4.98 Å². The number of aromatic nitrogens is 1. The summed E-state index contributed by atoms with van der Waals surface area (Å²) >= 11 is 0. The van der Waals surface area contributed by atoms with E-state index < -0.39 is 0 Å². The van der Waals surface area contributed by atoms with Gasteiger partial charge in [-0.05, 0) is 18.6 Å². The lowest BCUT2D eigenvalue weighted by Gasteiger charge is -2.15. The monoisotopic (exact) mass is 279 g/mol. The Labute approximate surface area is 121 Å². The molecule has 1 aromatic rings. The molecule has 2 rings (SSSR count). The van der Waals surface area contributed by atoms with Crippen molar-refractivity contribution in [2.24, 2.45) is 0 Å². The maximum absolute atomic E-state index is 5.46. The Morgan fingerprint density at radius 2 is 1.95 bits per heavy atom. The van der Waals surface area contributed by atoms with Crippen molar-refractivity contribution in [3.05, 3.63) is 23.9 Å². The molecule has 0 amide bonds. The number of hydrogen-bond acceptors (Lipinski definition) is 5. The molecule has 112 valence electrons. The molecule has 2 heterocycles. The largest absolute Gasteiger partial charge is 0.377 e. The number of anilines is 1. The Bertz CT molecular complexity index is 402. The highest BCUT2D eigenvalue weighted by Gasteiger charge is 2.32. The molecule has 0 aromatic carbocycles. The van der Waals surface area contributed by atoms with Crippen LogP contribution in [-0.4, -0.2) is 55.9 Å². The van der Waals surface area contributed by atoms with Crippen LogP contribution < -0.4 is 5.32 Å². The number of nitrogens with one attached hydrogen (secondary N) is 1. The first-order chi connectivity index (χ1) is 9.76. The lowest BCUT2D eigenvalue weighted by Crippen LogP contribution is -2.27. The zero-order chi connectivity index (χ0) is 14.4. The number of pyridine rings is 1. The average Bonchev–Trinajstić information content (AvgIpc) is 2.87.